The van der Waals surface area contributed by atoms with Gasteiger partial charge < -0.3 is 10.4 Å². The van der Waals surface area contributed by atoms with Crippen LogP contribution in [0.5, 0.6) is 0 Å². The van der Waals surface area contributed by atoms with Crippen LogP contribution < -0.4 is 5.32 Å². The van der Waals surface area contributed by atoms with Gasteiger partial charge in [0.25, 0.3) is 0 Å². The number of carbonyl (C=O) groups is 2. The van der Waals surface area contributed by atoms with Crippen molar-refractivity contribution in [2.24, 2.45) is 11.8 Å². The monoisotopic (exact) mass is 363 g/mol. The molecule has 0 aliphatic heterocycles. The molecule has 108 valence electrons. The van der Waals surface area contributed by atoms with Crippen LogP contribution >= 0.6 is 27.5 Å². The summed E-state index contributed by atoms with van der Waals surface area (Å²) in [5.41, 5.74) is 0.303. The number of hydrogen-bond acceptors (Lipinski definition) is 2. The van der Waals surface area contributed by atoms with E-state index in [1.54, 1.807) is 0 Å². The number of halogens is 3. The SMILES string of the molecule is O=C(O)C1CCC(C(=O)Nc2c(Cl)cc(F)cc2Br)C1. The highest BCUT2D eigenvalue weighted by atomic mass is 79.9. The second-order valence-electron chi connectivity index (χ2n) is 4.78. The van der Waals surface area contributed by atoms with Gasteiger partial charge in [0.1, 0.15) is 5.82 Å². The molecule has 2 rings (SSSR count). The van der Waals surface area contributed by atoms with E-state index in [9.17, 15) is 14.0 Å². The smallest absolute Gasteiger partial charge is 0.306 e. The van der Waals surface area contributed by atoms with Crippen molar-refractivity contribution in [3.05, 3.63) is 27.4 Å². The fourth-order valence-corrected chi connectivity index (χ4v) is 3.23. The highest BCUT2D eigenvalue weighted by Gasteiger charge is 2.34. The molecule has 2 atom stereocenters. The number of anilines is 1. The molecule has 7 heteroatoms. The van der Waals surface area contributed by atoms with Gasteiger partial charge in [-0.3, -0.25) is 9.59 Å². The molecule has 1 saturated carbocycles. The zero-order chi connectivity index (χ0) is 14.9. The van der Waals surface area contributed by atoms with Crippen molar-refractivity contribution in [3.63, 3.8) is 0 Å². The van der Waals surface area contributed by atoms with Gasteiger partial charge in [-0.2, -0.15) is 0 Å². The Morgan fingerprint density at radius 3 is 2.55 bits per heavy atom. The first-order valence-electron chi connectivity index (χ1n) is 6.06. The summed E-state index contributed by atoms with van der Waals surface area (Å²) in [4.78, 5) is 23.0. The maximum Gasteiger partial charge on any atom is 0.306 e. The lowest BCUT2D eigenvalue weighted by atomic mass is 10.0. The van der Waals surface area contributed by atoms with Crippen LogP contribution in [-0.2, 0) is 9.59 Å². The summed E-state index contributed by atoms with van der Waals surface area (Å²) in [5, 5.41) is 11.6. The molecule has 20 heavy (non-hydrogen) atoms. The molecule has 2 unspecified atom stereocenters. The molecule has 0 saturated heterocycles. The molecule has 1 aromatic carbocycles. The number of nitrogens with one attached hydrogen (secondary N) is 1. The molecule has 0 radical (unpaired) electrons. The Balaban J connectivity index is 2.08. The van der Waals surface area contributed by atoms with Gasteiger partial charge in [-0.05, 0) is 47.3 Å². The summed E-state index contributed by atoms with van der Waals surface area (Å²) in [5.74, 6) is -2.50. The van der Waals surface area contributed by atoms with Crippen LogP contribution in [0.2, 0.25) is 5.02 Å². The van der Waals surface area contributed by atoms with Crippen LogP contribution in [0.15, 0.2) is 16.6 Å². The lowest BCUT2D eigenvalue weighted by molar-refractivity contribution is -0.141. The van der Waals surface area contributed by atoms with Crippen LogP contribution in [-0.4, -0.2) is 17.0 Å². The predicted octanol–water partition coefficient (Wildman–Crippen LogP) is 3.68. The number of benzene rings is 1. The van der Waals surface area contributed by atoms with Crippen molar-refractivity contribution in [2.75, 3.05) is 5.32 Å². The van der Waals surface area contributed by atoms with E-state index in [1.807, 2.05) is 0 Å². The first-order valence-corrected chi connectivity index (χ1v) is 7.23. The minimum absolute atomic E-state index is 0.0954. The van der Waals surface area contributed by atoms with Crippen molar-refractivity contribution in [1.29, 1.82) is 0 Å². The highest BCUT2D eigenvalue weighted by Crippen LogP contribution is 2.35. The number of aliphatic carboxylic acids is 1. The average Bonchev–Trinajstić information content (AvgIpc) is 2.83. The fraction of sp³-hybridized carbons (Fsp3) is 0.385. The molecular weight excluding hydrogens is 353 g/mol. The lowest BCUT2D eigenvalue weighted by Gasteiger charge is -2.13. The topological polar surface area (TPSA) is 66.4 Å². The Morgan fingerprint density at radius 2 is 2.00 bits per heavy atom. The van der Waals surface area contributed by atoms with E-state index in [0.29, 0.717) is 29.4 Å². The van der Waals surface area contributed by atoms with E-state index in [4.69, 9.17) is 16.7 Å². The van der Waals surface area contributed by atoms with E-state index in [0.717, 1.165) is 6.07 Å². The van der Waals surface area contributed by atoms with Gasteiger partial charge in [0.2, 0.25) is 5.91 Å². The van der Waals surface area contributed by atoms with Crippen LogP contribution in [0, 0.1) is 17.7 Å². The van der Waals surface area contributed by atoms with Crippen LogP contribution in [0.3, 0.4) is 0 Å². The summed E-state index contributed by atoms with van der Waals surface area (Å²) in [7, 11) is 0. The summed E-state index contributed by atoms with van der Waals surface area (Å²) >= 11 is 9.02. The third-order valence-corrected chi connectivity index (χ3v) is 4.33. The van der Waals surface area contributed by atoms with E-state index in [-0.39, 0.29) is 16.8 Å². The Morgan fingerprint density at radius 1 is 1.35 bits per heavy atom. The second kappa shape index (κ2) is 6.10. The van der Waals surface area contributed by atoms with Crippen LogP contribution in [0.1, 0.15) is 19.3 Å². The maximum absolute atomic E-state index is 13.1. The summed E-state index contributed by atoms with van der Waals surface area (Å²) in [6.45, 7) is 0. The summed E-state index contributed by atoms with van der Waals surface area (Å²) < 4.78 is 13.4. The van der Waals surface area contributed by atoms with Gasteiger partial charge in [-0.25, -0.2) is 4.39 Å². The number of carboxylic acids is 1. The standard InChI is InChI=1S/C13H12BrClFNO3/c14-9-4-8(16)5-10(15)11(9)17-12(18)6-1-2-7(3-6)13(19)20/h4-7H,1-3H2,(H,17,18)(H,19,20). The zero-order valence-electron chi connectivity index (χ0n) is 10.3. The fourth-order valence-electron chi connectivity index (χ4n) is 2.33. The van der Waals surface area contributed by atoms with E-state index < -0.39 is 17.7 Å². The molecule has 2 N–H and O–H groups in total. The van der Waals surface area contributed by atoms with Gasteiger partial charge >= 0.3 is 5.97 Å². The first-order chi connectivity index (χ1) is 9.38. The number of hydrogen-bond donors (Lipinski definition) is 2. The molecule has 1 aromatic rings. The minimum Gasteiger partial charge on any atom is -0.481 e. The van der Waals surface area contributed by atoms with Gasteiger partial charge in [-0.1, -0.05) is 11.6 Å². The Hall–Kier alpha value is -1.14. The highest BCUT2D eigenvalue weighted by molar-refractivity contribution is 9.10. The van der Waals surface area contributed by atoms with Crippen LogP contribution in [0.25, 0.3) is 0 Å². The van der Waals surface area contributed by atoms with Crippen molar-refractivity contribution in [1.82, 2.24) is 0 Å². The van der Waals surface area contributed by atoms with Crippen LogP contribution in [0.4, 0.5) is 10.1 Å². The molecule has 1 amide bonds. The van der Waals surface area contributed by atoms with Gasteiger partial charge in [0, 0.05) is 10.4 Å². The number of carbonyl (C=O) groups excluding carboxylic acids is 1. The Labute approximate surface area is 128 Å². The number of carboxylic acid groups (broad SMARTS) is 1. The molecule has 0 aromatic heterocycles. The van der Waals surface area contributed by atoms with Gasteiger partial charge in [0.15, 0.2) is 0 Å². The van der Waals surface area contributed by atoms with Crippen molar-refractivity contribution in [2.45, 2.75) is 19.3 Å². The quantitative estimate of drug-likeness (QED) is 0.860. The third-order valence-electron chi connectivity index (χ3n) is 3.41. The minimum atomic E-state index is -0.874. The normalized spacial score (nSPS) is 21.8. The van der Waals surface area contributed by atoms with Crippen molar-refractivity contribution >= 4 is 45.1 Å². The Bertz CT molecular complexity index is 544. The number of amides is 1. The molecule has 0 bridgehead atoms. The Kier molecular flexibility index (Phi) is 4.65. The predicted molar refractivity (Wildman–Crippen MR) is 76.2 cm³/mol. The molecule has 4 nitrogen and oxygen atoms in total. The molecule has 0 spiro atoms. The van der Waals surface area contributed by atoms with Gasteiger partial charge in [0.05, 0.1) is 16.6 Å². The molecule has 0 heterocycles. The first kappa shape index (κ1) is 15.3. The third kappa shape index (κ3) is 3.30. The summed E-state index contributed by atoms with van der Waals surface area (Å²) in [6.07, 6.45) is 1.34. The maximum atomic E-state index is 13.1. The summed E-state index contributed by atoms with van der Waals surface area (Å²) in [6, 6.07) is 2.31. The van der Waals surface area contributed by atoms with Crippen molar-refractivity contribution < 1.29 is 19.1 Å². The van der Waals surface area contributed by atoms with Gasteiger partial charge in [-0.15, -0.1) is 0 Å². The van der Waals surface area contributed by atoms with E-state index in [2.05, 4.69) is 21.2 Å². The largest absolute Gasteiger partial charge is 0.481 e. The molecule has 1 fully saturated rings. The molecular formula is C13H12BrClFNO3. The molecule has 1 aliphatic rings. The zero-order valence-corrected chi connectivity index (χ0v) is 12.7. The second-order valence-corrected chi connectivity index (χ2v) is 6.04. The number of rotatable bonds is 3. The van der Waals surface area contributed by atoms with E-state index in [1.165, 1.54) is 6.07 Å². The van der Waals surface area contributed by atoms with E-state index >= 15 is 0 Å². The average molecular weight is 365 g/mol. The molecule has 1 aliphatic carbocycles. The van der Waals surface area contributed by atoms with Crippen molar-refractivity contribution in [3.8, 4) is 0 Å². The lowest BCUT2D eigenvalue weighted by Crippen LogP contribution is -2.22.